The summed E-state index contributed by atoms with van der Waals surface area (Å²) in [5.41, 5.74) is 7.23. The Labute approximate surface area is 695 Å². The first-order chi connectivity index (χ1) is 51.8. The second kappa shape index (κ2) is 79.4. The van der Waals surface area contributed by atoms with Crippen molar-refractivity contribution in [2.45, 2.75) is 269 Å². The van der Waals surface area contributed by atoms with Crippen LogP contribution in [0.2, 0.25) is 0 Å². The number of likely N-dealkylation sites (tertiary alicyclic amines) is 2. The van der Waals surface area contributed by atoms with Gasteiger partial charge in [0.05, 0.1) is 26.4 Å². The Morgan fingerprint density at radius 2 is 0.673 bits per heavy atom. The fourth-order valence-corrected chi connectivity index (χ4v) is 14.3. The van der Waals surface area contributed by atoms with Gasteiger partial charge in [-0.2, -0.15) is 0 Å². The number of piperidine rings is 2. The topological polar surface area (TPSA) is 89.8 Å². The smallest absolute Gasteiger partial charge is 0.0594 e. The van der Waals surface area contributed by atoms with Gasteiger partial charge in [0.2, 0.25) is 0 Å². The number of unbranched alkanes of at least 4 members (excludes halogenated alkanes) is 2. The number of ether oxygens (including phenoxy) is 2. The van der Waals surface area contributed by atoms with E-state index in [1.807, 2.05) is 0 Å². The van der Waals surface area contributed by atoms with Crippen LogP contribution in [0.3, 0.4) is 0 Å². The molecule has 0 aliphatic carbocycles. The Hall–Kier alpha value is -0.680. The van der Waals surface area contributed by atoms with Crippen molar-refractivity contribution in [2.75, 3.05) is 305 Å². The molecule has 0 bridgehead atoms. The van der Waals surface area contributed by atoms with Crippen LogP contribution in [0.25, 0.3) is 0 Å². The van der Waals surface area contributed by atoms with Gasteiger partial charge >= 0.3 is 0 Å². The van der Waals surface area contributed by atoms with Crippen molar-refractivity contribution >= 4 is 0 Å². The van der Waals surface area contributed by atoms with E-state index in [2.05, 4.69) is 298 Å². The van der Waals surface area contributed by atoms with Gasteiger partial charge in [0, 0.05) is 130 Å². The summed E-state index contributed by atoms with van der Waals surface area (Å²) in [5, 5.41) is 0. The molecule has 0 atom stereocenters. The standard InChI is InChI=1S/C13H29N5.C10H23N.2C9H19N.2C8H17NO.2C8H19N.2C7H17N.C6H15N/c1-15-3-7-17(8-4-15)11-13(14)12-18-9-5-16(2)6-10-18;1-5-11(6-2)9-7-8-10(3)4;1-9(2)8-10-6-4-3-5-7-10;1-2-3-7-10-8-5-4-6-9-10;1-8(2)7-9-3-5-10-6-4-9;1-2-3-4-9-5-7-10-8-6-9;1-6-8(2,3)7-9(4)5;1-5-9(6-2)7-8(3)4;1-7(2,3)6-8(4)5;1-4-7-8(5-2)6-3;1-6(2)5-7(3)4/h13H,3-12,14H2,1-2H3;10H,5-9H2,1-4H3;9H,3-8H2,1-2H3;2-9H2,1H3;8H,3-7H2,1-2H3;2-8H2,1H3;6-7H2,1-5H3;8H,5-7H2,1-4H3;6H2,1-5H3;4-7H2,1-3H3;6H,5H2,1-4H3. The molecular formula is C93H211N15O2. The molecule has 0 radical (unpaired) electrons. The third-order valence-electron chi connectivity index (χ3n) is 20.5. The van der Waals surface area contributed by atoms with Crippen LogP contribution in [0.15, 0.2) is 0 Å². The average molecular weight is 1570 g/mol. The maximum Gasteiger partial charge on any atom is 0.0594 e. The van der Waals surface area contributed by atoms with Crippen LogP contribution in [-0.4, -0.2) is 380 Å². The number of nitrogens with zero attached hydrogens (tertiary/aromatic N) is 14. The maximum absolute atomic E-state index is 6.29. The zero-order chi connectivity index (χ0) is 84.7. The minimum atomic E-state index is 0.303. The van der Waals surface area contributed by atoms with Crippen molar-refractivity contribution in [3.63, 3.8) is 0 Å². The molecule has 0 aromatic rings. The summed E-state index contributed by atoms with van der Waals surface area (Å²) < 4.78 is 10.5. The van der Waals surface area contributed by atoms with E-state index in [1.165, 1.54) is 267 Å². The maximum atomic E-state index is 6.29. The van der Waals surface area contributed by atoms with Gasteiger partial charge in [-0.15, -0.1) is 0 Å². The van der Waals surface area contributed by atoms with Gasteiger partial charge in [-0.3, -0.25) is 19.6 Å². The number of nitrogens with two attached hydrogens (primary N) is 1. The number of hydrogen-bond donors (Lipinski definition) is 1. The van der Waals surface area contributed by atoms with Crippen LogP contribution in [0.1, 0.15) is 263 Å². The molecule has 6 saturated heterocycles. The molecule has 6 aliphatic rings. The highest BCUT2D eigenvalue weighted by atomic mass is 16.5. The van der Waals surface area contributed by atoms with E-state index in [0.717, 1.165) is 102 Å². The number of likely N-dealkylation sites (N-methyl/N-ethyl adjacent to an activating group) is 2. The highest BCUT2D eigenvalue weighted by molar-refractivity contribution is 4.80. The molecule has 0 aromatic carbocycles. The summed E-state index contributed by atoms with van der Waals surface area (Å²) in [6.07, 6.45) is 19.3. The van der Waals surface area contributed by atoms with Crippen molar-refractivity contribution < 1.29 is 9.47 Å². The molecule has 17 nitrogen and oxygen atoms in total. The summed E-state index contributed by atoms with van der Waals surface area (Å²) in [7, 11) is 17.0. The van der Waals surface area contributed by atoms with Crippen LogP contribution in [0, 0.1) is 40.4 Å². The summed E-state index contributed by atoms with van der Waals surface area (Å²) >= 11 is 0. The van der Waals surface area contributed by atoms with Gasteiger partial charge in [-0.25, -0.2) is 0 Å². The average Bonchev–Trinajstić information content (AvgIpc) is 0.894. The van der Waals surface area contributed by atoms with Crippen molar-refractivity contribution in [3.8, 4) is 0 Å². The molecule has 6 rings (SSSR count). The van der Waals surface area contributed by atoms with Crippen molar-refractivity contribution in [2.24, 2.45) is 46.2 Å². The Balaban J connectivity index is -0.000000372. The molecule has 2 N–H and O–H groups in total. The summed E-state index contributed by atoms with van der Waals surface area (Å²) in [6, 6.07) is 0.303. The SMILES string of the molecule is CC(C)CN(C)C.CC(C)CN1CCCCC1.CC(C)CN1CCOCC1.CCC(C)(C)CN(C)C.CCCCN1CCCCC1.CCCCN1CCOCC1.CCCN(CC)CC.CCN(CC)CC(C)C.CCN(CC)CCCC(C)C.CN(C)CC(C)(C)C.CN1CCN(CC(N)CN2CCN(C)CC2)CC1. The molecule has 6 fully saturated rings. The molecule has 0 aromatic heterocycles. The van der Waals surface area contributed by atoms with Gasteiger partial charge in [0.1, 0.15) is 0 Å². The Bertz CT molecular complexity index is 1680. The van der Waals surface area contributed by atoms with E-state index in [4.69, 9.17) is 15.2 Å². The first-order valence-corrected chi connectivity index (χ1v) is 46.6. The first kappa shape index (κ1) is 118. The van der Waals surface area contributed by atoms with E-state index in [0.29, 0.717) is 16.9 Å². The Kier molecular flexibility index (Phi) is 85.1. The predicted molar refractivity (Wildman–Crippen MR) is 497 cm³/mol. The minimum Gasteiger partial charge on any atom is -0.379 e. The third-order valence-corrected chi connectivity index (χ3v) is 20.5. The highest BCUT2D eigenvalue weighted by Crippen LogP contribution is 2.20. The predicted octanol–water partition coefficient (Wildman–Crippen LogP) is 16.6. The molecule has 0 unspecified atom stereocenters. The fraction of sp³-hybridized carbons (Fsp3) is 1.00. The van der Waals surface area contributed by atoms with Gasteiger partial charge in [0.25, 0.3) is 0 Å². The summed E-state index contributed by atoms with van der Waals surface area (Å²) in [5.74, 6) is 4.11. The normalized spacial score (nSPS) is 17.6. The highest BCUT2D eigenvalue weighted by Gasteiger charge is 2.21. The van der Waals surface area contributed by atoms with Gasteiger partial charge < -0.3 is 64.2 Å². The lowest BCUT2D eigenvalue weighted by atomic mass is 9.90. The first-order valence-electron chi connectivity index (χ1n) is 46.6. The zero-order valence-electron chi connectivity index (χ0n) is 81.9. The second-order valence-electron chi connectivity index (χ2n) is 37.8. The van der Waals surface area contributed by atoms with Crippen LogP contribution >= 0.6 is 0 Å². The molecule has 6 aliphatic heterocycles. The zero-order valence-corrected chi connectivity index (χ0v) is 81.9. The monoisotopic (exact) mass is 1570 g/mol. The van der Waals surface area contributed by atoms with Gasteiger partial charge in [-0.1, -0.05) is 199 Å². The molecule has 110 heavy (non-hydrogen) atoms. The van der Waals surface area contributed by atoms with Crippen molar-refractivity contribution in [1.29, 1.82) is 0 Å². The lowest BCUT2D eigenvalue weighted by Gasteiger charge is -2.37. The third kappa shape index (κ3) is 88.1. The molecule has 0 saturated carbocycles. The minimum absolute atomic E-state index is 0.303. The number of morpholine rings is 2. The number of rotatable bonds is 34. The van der Waals surface area contributed by atoms with E-state index in [1.54, 1.807) is 0 Å². The number of hydrogen-bond acceptors (Lipinski definition) is 17. The lowest BCUT2D eigenvalue weighted by Crippen LogP contribution is -2.53. The molecular weight excluding hydrogens is 1360 g/mol. The summed E-state index contributed by atoms with van der Waals surface area (Å²) in [6.45, 7) is 101. The molecule has 6 heterocycles. The number of piperazine rings is 2. The quantitative estimate of drug-likeness (QED) is 0.0662. The second-order valence-corrected chi connectivity index (χ2v) is 37.8. The van der Waals surface area contributed by atoms with E-state index >= 15 is 0 Å². The van der Waals surface area contributed by atoms with Crippen LogP contribution in [0.5, 0.6) is 0 Å². The van der Waals surface area contributed by atoms with Gasteiger partial charge in [0.15, 0.2) is 0 Å². The van der Waals surface area contributed by atoms with E-state index < -0.39 is 0 Å². The summed E-state index contributed by atoms with van der Waals surface area (Å²) in [4.78, 5) is 34.0. The van der Waals surface area contributed by atoms with Crippen LogP contribution < -0.4 is 5.73 Å². The van der Waals surface area contributed by atoms with Crippen molar-refractivity contribution in [1.82, 2.24) is 68.6 Å². The molecule has 670 valence electrons. The van der Waals surface area contributed by atoms with Crippen LogP contribution in [0.4, 0.5) is 0 Å². The van der Waals surface area contributed by atoms with Gasteiger partial charge in [-0.05, 0) is 259 Å². The lowest BCUT2D eigenvalue weighted by molar-refractivity contribution is 0.0329. The molecule has 17 heteroatoms. The van der Waals surface area contributed by atoms with Crippen molar-refractivity contribution in [3.05, 3.63) is 0 Å². The fourth-order valence-electron chi connectivity index (χ4n) is 14.3. The van der Waals surface area contributed by atoms with E-state index in [-0.39, 0.29) is 0 Å². The van der Waals surface area contributed by atoms with Crippen LogP contribution in [-0.2, 0) is 9.47 Å². The Morgan fingerprint density at radius 1 is 0.336 bits per heavy atom. The Morgan fingerprint density at radius 3 is 0.927 bits per heavy atom. The molecule has 0 spiro atoms. The van der Waals surface area contributed by atoms with E-state index in [9.17, 15) is 0 Å². The molecule has 0 amide bonds. The largest absolute Gasteiger partial charge is 0.379 e.